The van der Waals surface area contributed by atoms with Crippen molar-refractivity contribution < 1.29 is 63.7 Å². The third-order valence-corrected chi connectivity index (χ3v) is 0. The van der Waals surface area contributed by atoms with Crippen LogP contribution in [0.25, 0.3) is 0 Å². The molecule has 1 nitrogen and oxygen atoms in total. The van der Waals surface area contributed by atoms with Gasteiger partial charge in [-0.2, -0.15) is 0 Å². The van der Waals surface area contributed by atoms with E-state index < -0.39 is 0 Å². The molecule has 0 aromatic heterocycles. The first-order valence-electron chi connectivity index (χ1n) is 0.316. The van der Waals surface area contributed by atoms with E-state index in [9.17, 15) is 0 Å². The van der Waals surface area contributed by atoms with Crippen molar-refractivity contribution in [1.82, 2.24) is 0 Å². The van der Waals surface area contributed by atoms with Crippen molar-refractivity contribution in [3.8, 4) is 0 Å². The summed E-state index contributed by atoms with van der Waals surface area (Å²) in [4.78, 5) is 0. The van der Waals surface area contributed by atoms with Gasteiger partial charge in [-0.1, -0.05) is 0 Å². The van der Waals surface area contributed by atoms with Crippen LogP contribution in [0.4, 0.5) is 0 Å². The van der Waals surface area contributed by atoms with Crippen molar-refractivity contribution in [3.05, 3.63) is 7.11 Å². The Morgan fingerprint density at radius 1 is 1.20 bits per heavy atom. The van der Waals surface area contributed by atoms with Crippen LogP contribution in [-0.2, 0) is 58.6 Å². The van der Waals surface area contributed by atoms with Crippen LogP contribution >= 0.6 is 0 Å². The maximum Gasteiger partial charge on any atom is 0 e. The van der Waals surface area contributed by atoms with Gasteiger partial charge in [-0.05, 0) is 0 Å². The number of hydrogen-bond donors (Lipinski definition) is 1. The zero-order valence-corrected chi connectivity index (χ0v) is 6.86. The fraction of sp³-hybridized carbons (Fsp3) is 0. The molecule has 1 N–H and O–H groups in total. The summed E-state index contributed by atoms with van der Waals surface area (Å²) in [6, 6.07) is 0. The van der Waals surface area contributed by atoms with Gasteiger partial charge < -0.3 is 5.11 Å². The van der Waals surface area contributed by atoms with Crippen molar-refractivity contribution in [2.75, 3.05) is 0 Å². The van der Waals surface area contributed by atoms with Gasteiger partial charge in [0.25, 0.3) is 0 Å². The minimum Gasteiger partial charge on any atom is -0.569 e. The van der Waals surface area contributed by atoms with Gasteiger partial charge in [-0.15, -0.1) is 0 Å². The van der Waals surface area contributed by atoms with E-state index >= 15 is 0 Å². The molecule has 5 heavy (non-hydrogen) atoms. The summed E-state index contributed by atoms with van der Waals surface area (Å²) >= 11 is 0. The number of aliphatic hydroxyl groups is 1. The van der Waals surface area contributed by atoms with Gasteiger partial charge in [0.15, 0.2) is 0 Å². The predicted octanol–water partition coefficient (Wildman–Crippen LogP) is 0.143. The Kier molecular flexibility index (Phi) is 235. The molecule has 0 rings (SSSR count). The molecule has 0 aromatic rings. The molecule has 0 spiro atoms. The molecule has 0 unspecified atom stereocenters. The average Bonchev–Trinajstić information content (AvgIpc) is 1.00. The Balaban J connectivity index is -0.00000000167. The maximum atomic E-state index is 6.75. The van der Waals surface area contributed by atoms with Crippen LogP contribution in [0.15, 0.2) is 0 Å². The normalized spacial score (nSPS) is 1.20. The molecule has 0 amide bonds. The van der Waals surface area contributed by atoms with E-state index in [1.165, 1.54) is 0 Å². The van der Waals surface area contributed by atoms with Gasteiger partial charge in [-0.3, -0.25) is 0 Å². The van der Waals surface area contributed by atoms with Gasteiger partial charge >= 0.3 is 0 Å². The van der Waals surface area contributed by atoms with Crippen LogP contribution in [0.5, 0.6) is 0 Å². The molecule has 0 aliphatic rings. The molecule has 1 radical (unpaired) electrons. The Morgan fingerprint density at radius 2 is 1.20 bits per heavy atom. The summed E-state index contributed by atoms with van der Waals surface area (Å²) in [7, 11) is 2.25. The fourth-order valence-electron chi connectivity index (χ4n) is 0. The summed E-state index contributed by atoms with van der Waals surface area (Å²) in [5.74, 6) is 0. The first-order chi connectivity index (χ1) is 1.00. The fourth-order valence-corrected chi connectivity index (χ4v) is 0. The number of hydrogen-bond acceptors (Lipinski definition) is 1. The maximum absolute atomic E-state index is 6.75. The van der Waals surface area contributed by atoms with E-state index in [1.807, 2.05) is 0 Å². The van der Waals surface area contributed by atoms with Gasteiger partial charge in [0.1, 0.15) is 0 Å². The van der Waals surface area contributed by atoms with Crippen molar-refractivity contribution in [2.24, 2.45) is 0 Å². The van der Waals surface area contributed by atoms with Crippen LogP contribution in [0, 0.1) is 7.11 Å². The molecular weight excluding hydrogens is 393 g/mol. The van der Waals surface area contributed by atoms with Crippen molar-refractivity contribution >= 4 is 0 Å². The van der Waals surface area contributed by atoms with E-state index in [0.29, 0.717) is 0 Å². The minimum atomic E-state index is 0. The summed E-state index contributed by atoms with van der Waals surface area (Å²) < 4.78 is 0. The third-order valence-electron chi connectivity index (χ3n) is 0. The topological polar surface area (TPSA) is 20.2 Å². The molecule has 0 aliphatic carbocycles. The molecular formula is CH3CuOPdPt-. The molecule has 0 aromatic carbocycles. The van der Waals surface area contributed by atoms with Crippen LogP contribution in [-0.4, -0.2) is 5.11 Å². The van der Waals surface area contributed by atoms with Crippen LogP contribution in [0.3, 0.4) is 0 Å². The second-order valence-corrected chi connectivity index (χ2v) is 0. The number of aliphatic hydroxyl groups excluding tert-OH is 1. The van der Waals surface area contributed by atoms with Crippen LogP contribution in [0.1, 0.15) is 0 Å². The molecule has 0 atom stereocenters. The standard InChI is InChI=1S/CH3O.Cu.Pd.Pt/c1-2;;;/h2H,1H2;;;/q-1;;;. The molecule has 0 bridgehead atoms. The molecule has 0 heterocycles. The Bertz CT molecular complexity index is 11.6. The zero-order valence-electron chi connectivity index (χ0n) is 2.09. The van der Waals surface area contributed by atoms with Crippen LogP contribution in [0.2, 0.25) is 0 Å². The summed E-state index contributed by atoms with van der Waals surface area (Å²) in [5.41, 5.74) is 0. The zero-order chi connectivity index (χ0) is 2.00. The van der Waals surface area contributed by atoms with Gasteiger partial charge in [-0.25, -0.2) is 7.11 Å². The van der Waals surface area contributed by atoms with E-state index in [4.69, 9.17) is 5.11 Å². The van der Waals surface area contributed by atoms with E-state index in [2.05, 4.69) is 7.11 Å². The smallest absolute Gasteiger partial charge is 0 e. The number of rotatable bonds is 0. The van der Waals surface area contributed by atoms with Gasteiger partial charge in [0.2, 0.25) is 0 Å². The Labute approximate surface area is 70.3 Å². The SMILES string of the molecule is [CH2-]O.[Cu].[Pd].[Pt]. The van der Waals surface area contributed by atoms with Crippen molar-refractivity contribution in [3.63, 3.8) is 0 Å². The van der Waals surface area contributed by atoms with E-state index in [-0.39, 0.29) is 58.6 Å². The summed E-state index contributed by atoms with van der Waals surface area (Å²) in [6.07, 6.45) is 0. The molecule has 0 saturated carbocycles. The monoisotopic (exact) mass is 395 g/mol. The molecule has 0 saturated heterocycles. The van der Waals surface area contributed by atoms with E-state index in [0.717, 1.165) is 0 Å². The average molecular weight is 396 g/mol. The molecule has 0 aliphatic heterocycles. The molecule has 45 valence electrons. The largest absolute Gasteiger partial charge is 0.569 e. The van der Waals surface area contributed by atoms with Crippen molar-refractivity contribution in [1.29, 1.82) is 0 Å². The predicted molar refractivity (Wildman–Crippen MR) is 7.29 cm³/mol. The first-order valence-corrected chi connectivity index (χ1v) is 0.316. The Hall–Kier alpha value is 1.83. The third kappa shape index (κ3) is 25.5. The molecule has 4 heteroatoms. The van der Waals surface area contributed by atoms with Gasteiger partial charge in [0.05, 0.1) is 0 Å². The van der Waals surface area contributed by atoms with Crippen molar-refractivity contribution in [2.45, 2.75) is 0 Å². The Morgan fingerprint density at radius 3 is 1.20 bits per heavy atom. The summed E-state index contributed by atoms with van der Waals surface area (Å²) in [6.45, 7) is 0. The summed E-state index contributed by atoms with van der Waals surface area (Å²) in [5, 5.41) is 6.75. The second-order valence-electron chi connectivity index (χ2n) is 0. The van der Waals surface area contributed by atoms with Gasteiger partial charge in [0, 0.05) is 58.6 Å². The first kappa shape index (κ1) is 29.0. The minimum absolute atomic E-state index is 0. The van der Waals surface area contributed by atoms with Crippen LogP contribution < -0.4 is 0 Å². The quantitative estimate of drug-likeness (QED) is 0.457. The second kappa shape index (κ2) is 40.6. The van der Waals surface area contributed by atoms with E-state index in [1.54, 1.807) is 0 Å². The molecule has 0 fully saturated rings.